The molecule has 3 amide bonds. The molecule has 0 spiro atoms. The summed E-state index contributed by atoms with van der Waals surface area (Å²) in [6, 6.07) is 7.27. The van der Waals surface area contributed by atoms with Crippen molar-refractivity contribution in [2.24, 2.45) is 0 Å². The van der Waals surface area contributed by atoms with Gasteiger partial charge in [-0.2, -0.15) is 0 Å². The van der Waals surface area contributed by atoms with Crippen molar-refractivity contribution in [3.8, 4) is 0 Å². The summed E-state index contributed by atoms with van der Waals surface area (Å²) in [5.41, 5.74) is 1.72. The van der Waals surface area contributed by atoms with Crippen LogP contribution in [0, 0.1) is 0 Å². The van der Waals surface area contributed by atoms with Gasteiger partial charge in [-0.25, -0.2) is 9.78 Å². The predicted octanol–water partition coefficient (Wildman–Crippen LogP) is 3.69. The van der Waals surface area contributed by atoms with Crippen molar-refractivity contribution in [2.45, 2.75) is 39.2 Å². The van der Waals surface area contributed by atoms with Crippen molar-refractivity contribution in [2.75, 3.05) is 26.2 Å². The monoisotopic (exact) mass is 434 g/mol. The van der Waals surface area contributed by atoms with Crippen molar-refractivity contribution in [3.63, 3.8) is 0 Å². The lowest BCUT2D eigenvalue weighted by atomic mass is 9.98. The van der Waals surface area contributed by atoms with Crippen LogP contribution in [0.5, 0.6) is 0 Å². The normalized spacial score (nSPS) is 14.8. The number of nitrogens with zero attached hydrogens (tertiary/aromatic N) is 3. The molecule has 0 radical (unpaired) electrons. The number of nitrogens with one attached hydrogen (secondary N) is 1. The third-order valence-electron chi connectivity index (χ3n) is 4.83. The Labute approximate surface area is 180 Å². The number of carbonyl (C=O) groups excluding carboxylic acids is 2. The van der Waals surface area contributed by atoms with Crippen molar-refractivity contribution in [1.29, 1.82) is 0 Å². The smallest absolute Gasteiger partial charge is 0.317 e. The summed E-state index contributed by atoms with van der Waals surface area (Å²) < 4.78 is 0. The van der Waals surface area contributed by atoms with E-state index in [2.05, 4.69) is 31.1 Å². The molecule has 0 saturated carbocycles. The molecule has 1 aliphatic rings. The second kappa shape index (κ2) is 9.13. The quantitative estimate of drug-likeness (QED) is 0.798. The minimum Gasteiger partial charge on any atom is -0.339 e. The Morgan fingerprint density at radius 1 is 1.14 bits per heavy atom. The molecule has 2 aromatic rings. The summed E-state index contributed by atoms with van der Waals surface area (Å²) in [5.74, 6) is 0.0374. The summed E-state index contributed by atoms with van der Waals surface area (Å²) in [5, 5.41) is 6.60. The van der Waals surface area contributed by atoms with Crippen molar-refractivity contribution in [1.82, 2.24) is 20.1 Å². The zero-order valence-electron chi connectivity index (χ0n) is 17.1. The van der Waals surface area contributed by atoms with Gasteiger partial charge in [0, 0.05) is 42.0 Å². The standard InChI is InChI=1S/C21H27ClN4O2S/c1-21(2,3)19-24-16(14-29-19)13-23-20(28)26-10-8-25(9-11-26)18(27)12-15-6-4-5-7-17(15)22/h4-7,14H,8-13H2,1-3H3,(H,23,28). The fraction of sp³-hybridized carbons (Fsp3) is 0.476. The first kappa shape index (κ1) is 21.6. The average Bonchev–Trinajstić information content (AvgIpc) is 3.17. The number of amides is 3. The summed E-state index contributed by atoms with van der Waals surface area (Å²) in [6.07, 6.45) is 0.284. The second-order valence-corrected chi connectivity index (χ2v) is 9.45. The maximum atomic E-state index is 12.5. The lowest BCUT2D eigenvalue weighted by Gasteiger charge is -2.34. The molecule has 1 N–H and O–H groups in total. The summed E-state index contributed by atoms with van der Waals surface area (Å²) in [6.45, 7) is 8.89. The minimum atomic E-state index is -0.117. The Bertz CT molecular complexity index is 870. The van der Waals surface area contributed by atoms with Gasteiger partial charge >= 0.3 is 6.03 Å². The van der Waals surface area contributed by atoms with Crippen LogP contribution in [0.1, 0.15) is 37.0 Å². The van der Waals surface area contributed by atoms with Crippen molar-refractivity contribution in [3.05, 3.63) is 50.9 Å². The number of urea groups is 1. The molecule has 0 atom stereocenters. The van der Waals surface area contributed by atoms with Crippen molar-refractivity contribution >= 4 is 34.9 Å². The molecular weight excluding hydrogens is 408 g/mol. The maximum Gasteiger partial charge on any atom is 0.317 e. The van der Waals surface area contributed by atoms with Gasteiger partial charge in [0.25, 0.3) is 0 Å². The molecule has 8 heteroatoms. The van der Waals surface area contributed by atoms with E-state index in [0.717, 1.165) is 16.3 Å². The highest BCUT2D eigenvalue weighted by Crippen LogP contribution is 2.25. The van der Waals surface area contributed by atoms with Gasteiger partial charge < -0.3 is 15.1 Å². The van der Waals surface area contributed by atoms with E-state index in [-0.39, 0.29) is 23.8 Å². The zero-order chi connectivity index (χ0) is 21.0. The maximum absolute atomic E-state index is 12.5. The number of halogens is 1. The third kappa shape index (κ3) is 5.70. The number of hydrogen-bond donors (Lipinski definition) is 1. The first-order valence-electron chi connectivity index (χ1n) is 9.73. The molecule has 3 rings (SSSR count). The number of thiazole rings is 1. The molecule has 1 aliphatic heterocycles. The van der Waals surface area contributed by atoms with E-state index in [4.69, 9.17) is 11.6 Å². The SMILES string of the molecule is CC(C)(C)c1nc(CNC(=O)N2CCN(C(=O)Cc3ccccc3Cl)CC2)cs1. The highest BCUT2D eigenvalue weighted by molar-refractivity contribution is 7.09. The predicted molar refractivity (Wildman–Crippen MR) is 116 cm³/mol. The largest absolute Gasteiger partial charge is 0.339 e. The van der Waals surface area contributed by atoms with E-state index in [0.29, 0.717) is 37.7 Å². The first-order valence-corrected chi connectivity index (χ1v) is 11.0. The number of carbonyl (C=O) groups is 2. The van der Waals surface area contributed by atoms with Crippen molar-refractivity contribution < 1.29 is 9.59 Å². The van der Waals surface area contributed by atoms with Gasteiger partial charge in [-0.15, -0.1) is 11.3 Å². The van der Waals surface area contributed by atoms with Crippen LogP contribution < -0.4 is 5.32 Å². The molecule has 0 bridgehead atoms. The van der Waals surface area contributed by atoms with Crippen LogP contribution in [-0.2, 0) is 23.2 Å². The van der Waals surface area contributed by atoms with Crippen LogP contribution >= 0.6 is 22.9 Å². The van der Waals surface area contributed by atoms with Gasteiger partial charge in [0.15, 0.2) is 0 Å². The molecule has 1 fully saturated rings. The van der Waals surface area contributed by atoms with E-state index in [1.54, 1.807) is 27.2 Å². The van der Waals surface area contributed by atoms with Gasteiger partial charge in [0.1, 0.15) is 0 Å². The Kier molecular flexibility index (Phi) is 6.80. The highest BCUT2D eigenvalue weighted by atomic mass is 35.5. The Hall–Kier alpha value is -2.12. The van der Waals surface area contributed by atoms with Gasteiger partial charge in [-0.3, -0.25) is 4.79 Å². The van der Waals surface area contributed by atoms with Crippen LogP contribution in [0.4, 0.5) is 4.79 Å². The Morgan fingerprint density at radius 3 is 2.41 bits per heavy atom. The topological polar surface area (TPSA) is 65.5 Å². The molecule has 156 valence electrons. The fourth-order valence-electron chi connectivity index (χ4n) is 3.09. The molecule has 1 aromatic heterocycles. The van der Waals surface area contributed by atoms with Crippen LogP contribution in [0.25, 0.3) is 0 Å². The van der Waals surface area contributed by atoms with E-state index in [9.17, 15) is 9.59 Å². The molecule has 29 heavy (non-hydrogen) atoms. The molecule has 1 aromatic carbocycles. The molecule has 6 nitrogen and oxygen atoms in total. The van der Waals surface area contributed by atoms with Crippen LogP contribution in [0.15, 0.2) is 29.6 Å². The Balaban J connectivity index is 1.45. The number of aromatic nitrogens is 1. The van der Waals surface area contributed by atoms with E-state index >= 15 is 0 Å². The molecule has 0 aliphatic carbocycles. The molecule has 2 heterocycles. The van der Waals surface area contributed by atoms with Gasteiger partial charge in [0.05, 0.1) is 23.7 Å². The van der Waals surface area contributed by atoms with E-state index < -0.39 is 0 Å². The fourth-order valence-corrected chi connectivity index (χ4v) is 4.20. The number of hydrogen-bond acceptors (Lipinski definition) is 4. The Morgan fingerprint density at radius 2 is 1.79 bits per heavy atom. The number of rotatable bonds is 4. The average molecular weight is 435 g/mol. The lowest BCUT2D eigenvalue weighted by Crippen LogP contribution is -2.53. The lowest BCUT2D eigenvalue weighted by molar-refractivity contribution is -0.131. The van der Waals surface area contributed by atoms with E-state index in [1.165, 1.54) is 0 Å². The summed E-state index contributed by atoms with van der Waals surface area (Å²) in [7, 11) is 0. The van der Waals surface area contributed by atoms with Gasteiger partial charge in [0.2, 0.25) is 5.91 Å². The second-order valence-electron chi connectivity index (χ2n) is 8.19. The van der Waals surface area contributed by atoms with Crippen LogP contribution in [0.2, 0.25) is 5.02 Å². The molecule has 1 saturated heterocycles. The van der Waals surface area contributed by atoms with E-state index in [1.807, 2.05) is 23.6 Å². The first-order chi connectivity index (χ1) is 13.7. The van der Waals surface area contributed by atoms with Gasteiger partial charge in [-0.1, -0.05) is 50.6 Å². The number of benzene rings is 1. The molecule has 0 unspecified atom stereocenters. The summed E-state index contributed by atoms with van der Waals surface area (Å²) >= 11 is 7.77. The number of piperazine rings is 1. The van der Waals surface area contributed by atoms with Crippen LogP contribution in [-0.4, -0.2) is 52.9 Å². The van der Waals surface area contributed by atoms with Gasteiger partial charge in [-0.05, 0) is 11.6 Å². The third-order valence-corrected chi connectivity index (χ3v) is 6.52. The summed E-state index contributed by atoms with van der Waals surface area (Å²) in [4.78, 5) is 33.1. The zero-order valence-corrected chi connectivity index (χ0v) is 18.6. The molecular formula is C21H27ClN4O2S. The minimum absolute atomic E-state index is 0.0137. The highest BCUT2D eigenvalue weighted by Gasteiger charge is 2.25. The van der Waals surface area contributed by atoms with Crippen LogP contribution in [0.3, 0.4) is 0 Å².